The van der Waals surface area contributed by atoms with Crippen molar-refractivity contribution in [3.63, 3.8) is 0 Å². The van der Waals surface area contributed by atoms with Gasteiger partial charge in [0.15, 0.2) is 0 Å². The van der Waals surface area contributed by atoms with Crippen LogP contribution in [0.2, 0.25) is 0 Å². The molecule has 0 unspecified atom stereocenters. The smallest absolute Gasteiger partial charge is 0.147 e. The van der Waals surface area contributed by atoms with Gasteiger partial charge >= 0.3 is 0 Å². The second kappa shape index (κ2) is 7.09. The number of benzene rings is 2. The maximum atomic E-state index is 14.3. The van der Waals surface area contributed by atoms with Crippen LogP contribution in [-0.4, -0.2) is 20.7 Å². The van der Waals surface area contributed by atoms with Gasteiger partial charge < -0.3 is 15.0 Å². The first-order valence-corrected chi connectivity index (χ1v) is 7.03. The maximum absolute atomic E-state index is 14.3. The van der Waals surface area contributed by atoms with Gasteiger partial charge in [-0.05, 0) is 42.4 Å². The fourth-order valence-corrected chi connectivity index (χ4v) is 2.27. The van der Waals surface area contributed by atoms with Crippen LogP contribution in [0.3, 0.4) is 0 Å². The molecule has 0 amide bonds. The molecule has 0 atom stereocenters. The van der Waals surface area contributed by atoms with Gasteiger partial charge in [0, 0.05) is 19.3 Å². The largest absolute Gasteiger partial charge is 0.497 e. The summed E-state index contributed by atoms with van der Waals surface area (Å²) in [5.74, 6) is 0.567. The molecule has 0 saturated carbocycles. The number of hydrogen-bond acceptors (Lipinski definition) is 3. The Morgan fingerprint density at radius 2 is 1.86 bits per heavy atom. The summed E-state index contributed by atoms with van der Waals surface area (Å²) in [4.78, 5) is 1.86. The zero-order chi connectivity index (χ0) is 15.2. The molecule has 2 aromatic carbocycles. The van der Waals surface area contributed by atoms with Crippen molar-refractivity contribution in [1.29, 1.82) is 0 Å². The molecule has 0 aromatic heterocycles. The average molecular weight is 288 g/mol. The first-order chi connectivity index (χ1) is 10.2. The highest BCUT2D eigenvalue weighted by atomic mass is 19.1. The third-order valence-electron chi connectivity index (χ3n) is 3.43. The molecule has 0 aliphatic rings. The van der Waals surface area contributed by atoms with Crippen molar-refractivity contribution in [1.82, 2.24) is 5.32 Å². The van der Waals surface area contributed by atoms with Crippen LogP contribution in [0.25, 0.3) is 0 Å². The number of rotatable bonds is 6. The number of nitrogens with one attached hydrogen (secondary N) is 1. The van der Waals surface area contributed by atoms with Gasteiger partial charge in [0.2, 0.25) is 0 Å². The molecule has 0 fully saturated rings. The summed E-state index contributed by atoms with van der Waals surface area (Å²) in [7, 11) is 3.50. The maximum Gasteiger partial charge on any atom is 0.147 e. The van der Waals surface area contributed by atoms with Gasteiger partial charge in [-0.1, -0.05) is 19.1 Å². The first-order valence-electron chi connectivity index (χ1n) is 7.03. The van der Waals surface area contributed by atoms with E-state index in [1.807, 2.05) is 49.2 Å². The van der Waals surface area contributed by atoms with Crippen LogP contribution in [0.15, 0.2) is 42.5 Å². The van der Waals surface area contributed by atoms with Gasteiger partial charge in [0.05, 0.1) is 12.8 Å². The topological polar surface area (TPSA) is 24.5 Å². The van der Waals surface area contributed by atoms with E-state index in [-0.39, 0.29) is 5.82 Å². The molecular formula is C17H21FN2O. The van der Waals surface area contributed by atoms with Crippen LogP contribution < -0.4 is 15.0 Å². The lowest BCUT2D eigenvalue weighted by atomic mass is 10.1. The third kappa shape index (κ3) is 3.52. The van der Waals surface area contributed by atoms with E-state index >= 15 is 0 Å². The Morgan fingerprint density at radius 3 is 2.48 bits per heavy atom. The predicted molar refractivity (Wildman–Crippen MR) is 84.8 cm³/mol. The highest BCUT2D eigenvalue weighted by Crippen LogP contribution is 2.30. The monoisotopic (exact) mass is 288 g/mol. The minimum absolute atomic E-state index is 0.219. The number of halogens is 1. The molecule has 0 radical (unpaired) electrons. The van der Waals surface area contributed by atoms with Gasteiger partial charge in [0.25, 0.3) is 0 Å². The zero-order valence-electron chi connectivity index (χ0n) is 12.7. The van der Waals surface area contributed by atoms with Crippen molar-refractivity contribution in [2.45, 2.75) is 13.5 Å². The summed E-state index contributed by atoms with van der Waals surface area (Å²) >= 11 is 0. The normalized spacial score (nSPS) is 10.5. The Labute approximate surface area is 125 Å². The molecule has 2 rings (SSSR count). The van der Waals surface area contributed by atoms with Gasteiger partial charge in [-0.3, -0.25) is 0 Å². The highest BCUT2D eigenvalue weighted by Gasteiger charge is 2.14. The summed E-state index contributed by atoms with van der Waals surface area (Å²) in [5.41, 5.74) is 2.46. The van der Waals surface area contributed by atoms with E-state index in [0.717, 1.165) is 23.5 Å². The summed E-state index contributed by atoms with van der Waals surface area (Å²) in [6, 6.07) is 12.8. The molecule has 1 N–H and O–H groups in total. The molecule has 0 aliphatic heterocycles. The Balaban J connectivity index is 2.34. The van der Waals surface area contributed by atoms with Crippen molar-refractivity contribution in [2.75, 3.05) is 25.6 Å². The quantitative estimate of drug-likeness (QED) is 0.877. The first kappa shape index (κ1) is 15.3. The highest BCUT2D eigenvalue weighted by molar-refractivity contribution is 5.66. The SMILES string of the molecule is CCNCc1cccc(F)c1N(C)c1ccc(OC)cc1. The fourth-order valence-electron chi connectivity index (χ4n) is 2.27. The summed E-state index contributed by atoms with van der Waals surface area (Å²) in [6.07, 6.45) is 0. The number of anilines is 2. The van der Waals surface area contributed by atoms with Crippen molar-refractivity contribution >= 4 is 11.4 Å². The van der Waals surface area contributed by atoms with E-state index in [4.69, 9.17) is 4.74 Å². The fraction of sp³-hybridized carbons (Fsp3) is 0.294. The van der Waals surface area contributed by atoms with Crippen LogP contribution in [0.1, 0.15) is 12.5 Å². The van der Waals surface area contributed by atoms with Crippen LogP contribution in [0, 0.1) is 5.82 Å². The van der Waals surface area contributed by atoms with Gasteiger partial charge in [-0.2, -0.15) is 0 Å². The number of para-hydroxylation sites is 1. The van der Waals surface area contributed by atoms with E-state index in [2.05, 4.69) is 5.32 Å². The van der Waals surface area contributed by atoms with Crippen LogP contribution in [-0.2, 0) is 6.54 Å². The van der Waals surface area contributed by atoms with E-state index in [9.17, 15) is 4.39 Å². The molecule has 4 heteroatoms. The van der Waals surface area contributed by atoms with Crippen molar-refractivity contribution < 1.29 is 9.13 Å². The van der Waals surface area contributed by atoms with Gasteiger partial charge in [-0.15, -0.1) is 0 Å². The molecule has 0 heterocycles. The molecular weight excluding hydrogens is 267 g/mol. The molecule has 0 saturated heterocycles. The minimum Gasteiger partial charge on any atom is -0.497 e. The van der Waals surface area contributed by atoms with Gasteiger partial charge in [-0.25, -0.2) is 4.39 Å². The Morgan fingerprint density at radius 1 is 1.14 bits per heavy atom. The lowest BCUT2D eigenvalue weighted by Crippen LogP contribution is -2.18. The zero-order valence-corrected chi connectivity index (χ0v) is 12.7. The average Bonchev–Trinajstić information content (AvgIpc) is 2.52. The third-order valence-corrected chi connectivity index (χ3v) is 3.43. The van der Waals surface area contributed by atoms with Gasteiger partial charge in [0.1, 0.15) is 11.6 Å². The lowest BCUT2D eigenvalue weighted by Gasteiger charge is -2.23. The molecule has 0 bridgehead atoms. The lowest BCUT2D eigenvalue weighted by molar-refractivity contribution is 0.415. The Bertz CT molecular complexity index is 584. The molecule has 3 nitrogen and oxygen atoms in total. The van der Waals surface area contributed by atoms with E-state index in [1.54, 1.807) is 13.2 Å². The minimum atomic E-state index is -0.219. The molecule has 0 aliphatic carbocycles. The van der Waals surface area contributed by atoms with Crippen molar-refractivity contribution in [3.05, 3.63) is 53.8 Å². The number of ether oxygens (including phenoxy) is 1. The number of nitrogens with zero attached hydrogens (tertiary/aromatic N) is 1. The Hall–Kier alpha value is -2.07. The second-order valence-electron chi connectivity index (χ2n) is 4.78. The van der Waals surface area contributed by atoms with Crippen LogP contribution >= 0.6 is 0 Å². The summed E-state index contributed by atoms with van der Waals surface area (Å²) in [6.45, 7) is 3.53. The van der Waals surface area contributed by atoms with Crippen LogP contribution in [0.4, 0.5) is 15.8 Å². The number of methoxy groups -OCH3 is 1. The van der Waals surface area contributed by atoms with Crippen molar-refractivity contribution in [3.8, 4) is 5.75 Å². The predicted octanol–water partition coefficient (Wildman–Crippen LogP) is 3.71. The molecule has 2 aromatic rings. The number of hydrogen-bond donors (Lipinski definition) is 1. The Kier molecular flexibility index (Phi) is 5.17. The van der Waals surface area contributed by atoms with Crippen LogP contribution in [0.5, 0.6) is 5.75 Å². The molecule has 112 valence electrons. The summed E-state index contributed by atoms with van der Waals surface area (Å²) < 4.78 is 19.4. The molecule has 0 spiro atoms. The standard InChI is InChI=1S/C17H21FN2O/c1-4-19-12-13-6-5-7-16(18)17(13)20(2)14-8-10-15(21-3)11-9-14/h5-11,19H,4,12H2,1-3H3. The van der Waals surface area contributed by atoms with E-state index < -0.39 is 0 Å². The van der Waals surface area contributed by atoms with E-state index in [0.29, 0.717) is 12.2 Å². The molecule has 21 heavy (non-hydrogen) atoms. The second-order valence-corrected chi connectivity index (χ2v) is 4.78. The van der Waals surface area contributed by atoms with Crippen molar-refractivity contribution in [2.24, 2.45) is 0 Å². The van der Waals surface area contributed by atoms with E-state index in [1.165, 1.54) is 6.07 Å². The summed E-state index contributed by atoms with van der Waals surface area (Å²) in [5, 5.41) is 3.24.